The Morgan fingerprint density at radius 2 is 0.974 bits per heavy atom. The Morgan fingerprint density at radius 3 is 1.33 bits per heavy atom. The molecule has 210 valence electrons. The number of rotatable bonds is 3. The summed E-state index contributed by atoms with van der Waals surface area (Å²) >= 11 is 0. The Morgan fingerprint density at radius 1 is 0.564 bits per heavy atom. The van der Waals surface area contributed by atoms with E-state index in [1.165, 1.54) is 22.3 Å². The second-order valence-electron chi connectivity index (χ2n) is 15.0. The molecule has 0 amide bonds. The van der Waals surface area contributed by atoms with Gasteiger partial charge in [-0.1, -0.05) is 126 Å². The Balaban J connectivity index is 2.22. The lowest BCUT2D eigenvalue weighted by atomic mass is 9.77. The van der Waals surface area contributed by atoms with E-state index in [1.54, 1.807) is 0 Å². The fourth-order valence-electron chi connectivity index (χ4n) is 4.76. The van der Waals surface area contributed by atoms with Gasteiger partial charge >= 0.3 is 8.24 Å². The fourth-order valence-corrected chi connectivity index (χ4v) is 5.85. The van der Waals surface area contributed by atoms with Crippen molar-refractivity contribution >= 4 is 30.2 Å². The van der Waals surface area contributed by atoms with Crippen molar-refractivity contribution in [3.05, 3.63) is 82.4 Å². The first-order chi connectivity index (χ1) is 17.9. The van der Waals surface area contributed by atoms with E-state index in [2.05, 4.69) is 119 Å². The predicted molar refractivity (Wildman–Crippen MR) is 168 cm³/mol. The van der Waals surface area contributed by atoms with Crippen LogP contribution in [0.3, 0.4) is 0 Å². The van der Waals surface area contributed by atoms with Gasteiger partial charge < -0.3 is 8.39 Å². The lowest BCUT2D eigenvalue weighted by Gasteiger charge is -2.27. The van der Waals surface area contributed by atoms with E-state index in [1.807, 2.05) is 18.2 Å². The van der Waals surface area contributed by atoms with Crippen LogP contribution in [0, 0.1) is 0 Å². The van der Waals surface area contributed by atoms with Gasteiger partial charge in [-0.25, -0.2) is 0 Å². The first kappa shape index (κ1) is 29.5. The first-order valence-electron chi connectivity index (χ1n) is 14.1. The topological polar surface area (TPSA) is 35.5 Å². The van der Waals surface area contributed by atoms with Crippen LogP contribution in [0.5, 0.6) is 0 Å². The van der Waals surface area contributed by atoms with Gasteiger partial charge in [0.1, 0.15) is 11.2 Å². The van der Waals surface area contributed by atoms with Crippen LogP contribution in [0.25, 0.3) is 21.9 Å². The zero-order valence-electron chi connectivity index (χ0n) is 26.1. The molecule has 4 rings (SSSR count). The predicted octanol–water partition coefficient (Wildman–Crippen LogP) is 11.1. The van der Waals surface area contributed by atoms with Gasteiger partial charge in [0.15, 0.2) is 0 Å². The summed E-state index contributed by atoms with van der Waals surface area (Å²) in [5.74, 6) is 0. The van der Waals surface area contributed by atoms with Gasteiger partial charge in [0, 0.05) is 21.9 Å². The summed E-state index contributed by atoms with van der Waals surface area (Å²) < 4.78 is 20.0. The summed E-state index contributed by atoms with van der Waals surface area (Å²) in [7, 11) is -1.70. The van der Waals surface area contributed by atoms with Crippen molar-refractivity contribution in [2.75, 3.05) is 0 Å². The zero-order valence-corrected chi connectivity index (χ0v) is 27.0. The molecule has 0 aliphatic heterocycles. The Bertz CT molecular complexity index is 1420. The van der Waals surface area contributed by atoms with E-state index in [9.17, 15) is 0 Å². The standard InChI is InChI=1S/C35H47O3P/c1-32(2,3)24-18-26-27-19-25(33(4,5)6)21-29(35(10,11)12)31(27)38-39(36-22-23-16-14-13-15-17-23)37-30(26)28(20-24)34(7,8)9/h13-21H,22H2,1-12H3. The minimum atomic E-state index is -1.70. The number of hydrogen-bond acceptors (Lipinski definition) is 3. The SMILES string of the molecule is CC(C)(C)c1cc(C(C)(C)C)c2op(OCc3ccccc3)oc3c(C(C)(C)C)cc(C(C)(C)C)cc3c2c1. The molecule has 3 nitrogen and oxygen atoms in total. The molecule has 0 saturated heterocycles. The molecular formula is C35H47O3P. The minimum Gasteiger partial charge on any atom is -0.399 e. The maximum absolute atomic E-state index is 6.80. The average Bonchev–Trinajstić information content (AvgIpc) is 2.96. The molecular weight excluding hydrogens is 499 g/mol. The molecule has 0 saturated carbocycles. The summed E-state index contributed by atoms with van der Waals surface area (Å²) in [5, 5.41) is 2.18. The van der Waals surface area contributed by atoms with Crippen LogP contribution in [0.4, 0.5) is 0 Å². The molecule has 0 atom stereocenters. The highest BCUT2D eigenvalue weighted by molar-refractivity contribution is 7.31. The maximum atomic E-state index is 6.80. The molecule has 0 unspecified atom stereocenters. The molecule has 3 aromatic carbocycles. The Kier molecular flexibility index (Phi) is 7.69. The lowest BCUT2D eigenvalue weighted by Crippen LogP contribution is -2.17. The second kappa shape index (κ2) is 10.2. The molecule has 39 heavy (non-hydrogen) atoms. The smallest absolute Gasteiger partial charge is 0.387 e. The van der Waals surface area contributed by atoms with Crippen molar-refractivity contribution in [2.24, 2.45) is 0 Å². The highest BCUT2D eigenvalue weighted by atomic mass is 31.1. The summed E-state index contributed by atoms with van der Waals surface area (Å²) in [5.41, 5.74) is 7.46. The van der Waals surface area contributed by atoms with E-state index < -0.39 is 8.24 Å². The van der Waals surface area contributed by atoms with E-state index in [-0.39, 0.29) is 21.7 Å². The first-order valence-corrected chi connectivity index (χ1v) is 15.2. The van der Waals surface area contributed by atoms with Crippen LogP contribution in [-0.4, -0.2) is 0 Å². The molecule has 0 spiro atoms. The van der Waals surface area contributed by atoms with Gasteiger partial charge in [0.05, 0.1) is 6.61 Å². The normalized spacial score (nSPS) is 13.3. The fraction of sp³-hybridized carbons (Fsp3) is 0.486. The highest BCUT2D eigenvalue weighted by Crippen LogP contribution is 2.45. The quantitative estimate of drug-likeness (QED) is 0.256. The van der Waals surface area contributed by atoms with Crippen LogP contribution in [-0.2, 0) is 28.3 Å². The van der Waals surface area contributed by atoms with Crippen LogP contribution in [0.2, 0.25) is 0 Å². The monoisotopic (exact) mass is 546 g/mol. The minimum absolute atomic E-state index is 0.0224. The molecule has 4 aromatic rings. The second-order valence-corrected chi connectivity index (χ2v) is 16.0. The number of benzene rings is 3. The molecule has 0 aliphatic rings. The Labute approximate surface area is 236 Å². The van der Waals surface area contributed by atoms with Crippen molar-refractivity contribution in [1.82, 2.24) is 0 Å². The largest absolute Gasteiger partial charge is 0.399 e. The molecule has 0 fully saturated rings. The molecule has 4 heteroatoms. The summed E-state index contributed by atoms with van der Waals surface area (Å²) in [6.07, 6.45) is 0. The van der Waals surface area contributed by atoms with Gasteiger partial charge in [0.25, 0.3) is 0 Å². The molecule has 1 aromatic heterocycles. The lowest BCUT2D eigenvalue weighted by molar-refractivity contribution is 0.363. The van der Waals surface area contributed by atoms with Gasteiger partial charge in [-0.2, -0.15) is 0 Å². The van der Waals surface area contributed by atoms with Gasteiger partial charge in [-0.05, 0) is 50.5 Å². The van der Waals surface area contributed by atoms with Crippen LogP contribution in [0.15, 0.2) is 63.0 Å². The van der Waals surface area contributed by atoms with Crippen molar-refractivity contribution in [3.63, 3.8) is 0 Å². The molecule has 0 bridgehead atoms. The number of fused-ring (bicyclic) bond motifs is 3. The van der Waals surface area contributed by atoms with Gasteiger partial charge in [-0.15, -0.1) is 0 Å². The summed E-state index contributed by atoms with van der Waals surface area (Å²) in [6.45, 7) is 27.6. The van der Waals surface area contributed by atoms with E-state index in [0.29, 0.717) is 6.61 Å². The highest BCUT2D eigenvalue weighted by Gasteiger charge is 2.28. The Hall–Kier alpha value is -2.48. The average molecular weight is 547 g/mol. The van der Waals surface area contributed by atoms with E-state index in [0.717, 1.165) is 27.5 Å². The third-order valence-corrected chi connectivity index (χ3v) is 8.33. The van der Waals surface area contributed by atoms with Crippen molar-refractivity contribution < 1.29 is 12.9 Å². The third kappa shape index (κ3) is 6.47. The maximum Gasteiger partial charge on any atom is 0.387 e. The van der Waals surface area contributed by atoms with Crippen LogP contribution >= 0.6 is 8.24 Å². The van der Waals surface area contributed by atoms with Gasteiger partial charge in [-0.3, -0.25) is 4.52 Å². The van der Waals surface area contributed by atoms with Crippen molar-refractivity contribution in [1.29, 1.82) is 0 Å². The van der Waals surface area contributed by atoms with Crippen molar-refractivity contribution in [3.8, 4) is 0 Å². The molecule has 0 radical (unpaired) electrons. The summed E-state index contributed by atoms with van der Waals surface area (Å²) in [4.78, 5) is 0. The van der Waals surface area contributed by atoms with E-state index >= 15 is 0 Å². The zero-order chi connectivity index (χ0) is 29.0. The van der Waals surface area contributed by atoms with Crippen LogP contribution < -0.4 is 4.52 Å². The van der Waals surface area contributed by atoms with Gasteiger partial charge in [0.2, 0.25) is 0 Å². The molecule has 1 heterocycles. The number of hydrogen-bond donors (Lipinski definition) is 0. The molecule has 0 aliphatic carbocycles. The van der Waals surface area contributed by atoms with Crippen LogP contribution in [0.1, 0.15) is 111 Å². The molecule has 0 N–H and O–H groups in total. The third-order valence-electron chi connectivity index (χ3n) is 7.33. The van der Waals surface area contributed by atoms with Crippen molar-refractivity contribution in [2.45, 2.75) is 111 Å². The summed E-state index contributed by atoms with van der Waals surface area (Å²) in [6, 6.07) is 19.5. The van der Waals surface area contributed by atoms with E-state index in [4.69, 9.17) is 12.9 Å².